The van der Waals surface area contributed by atoms with E-state index in [-0.39, 0.29) is 11.4 Å². The summed E-state index contributed by atoms with van der Waals surface area (Å²) in [5.41, 5.74) is 2.33. The van der Waals surface area contributed by atoms with Crippen LogP contribution >= 0.6 is 0 Å². The first-order valence-electron chi connectivity index (χ1n) is 11.1. The lowest BCUT2D eigenvalue weighted by molar-refractivity contribution is 0.206. The highest BCUT2D eigenvalue weighted by molar-refractivity contribution is 5.82. The summed E-state index contributed by atoms with van der Waals surface area (Å²) >= 11 is 0. The second-order valence-corrected chi connectivity index (χ2v) is 8.67. The van der Waals surface area contributed by atoms with Gasteiger partial charge in [0.15, 0.2) is 17.3 Å². The molecular formula is C24H26FN7O. The van der Waals surface area contributed by atoms with Crippen molar-refractivity contribution in [2.24, 2.45) is 0 Å². The third-order valence-electron chi connectivity index (χ3n) is 5.87. The number of hydrogen-bond acceptors (Lipinski definition) is 6. The van der Waals surface area contributed by atoms with E-state index in [9.17, 15) is 9.18 Å². The van der Waals surface area contributed by atoms with E-state index in [1.807, 2.05) is 19.1 Å². The van der Waals surface area contributed by atoms with Gasteiger partial charge in [-0.3, -0.25) is 4.79 Å². The molecule has 0 aliphatic carbocycles. The van der Waals surface area contributed by atoms with Crippen LogP contribution in [0.25, 0.3) is 16.7 Å². The zero-order valence-corrected chi connectivity index (χ0v) is 18.9. The molecule has 4 heterocycles. The lowest BCUT2D eigenvalue weighted by Crippen LogP contribution is -2.23. The molecule has 0 unspecified atom stereocenters. The Morgan fingerprint density at radius 3 is 2.82 bits per heavy atom. The Morgan fingerprint density at radius 2 is 2.03 bits per heavy atom. The summed E-state index contributed by atoms with van der Waals surface area (Å²) in [6.45, 7) is 6.97. The van der Waals surface area contributed by atoms with Crippen LogP contribution < -0.4 is 16.2 Å². The SMILES string of the molecule is CCn1c(=O)c2cnc(Nc3ccc4c(c3)CCNC4)cc2n1-c1ccnc(C(C)(C)F)n1. The Kier molecular flexibility index (Phi) is 5.20. The molecule has 0 bridgehead atoms. The summed E-state index contributed by atoms with van der Waals surface area (Å²) in [4.78, 5) is 26.0. The average molecular weight is 448 g/mol. The molecule has 0 fully saturated rings. The lowest BCUT2D eigenvalue weighted by atomic mass is 10.0. The first-order valence-corrected chi connectivity index (χ1v) is 11.1. The van der Waals surface area contributed by atoms with Crippen LogP contribution in [-0.4, -0.2) is 30.9 Å². The molecule has 8 nitrogen and oxygen atoms in total. The van der Waals surface area contributed by atoms with Gasteiger partial charge in [-0.05, 0) is 57.0 Å². The molecular weight excluding hydrogens is 421 g/mol. The Hall–Kier alpha value is -3.59. The fourth-order valence-electron chi connectivity index (χ4n) is 4.20. The van der Waals surface area contributed by atoms with E-state index in [2.05, 4.69) is 37.7 Å². The van der Waals surface area contributed by atoms with Gasteiger partial charge in [0.05, 0.1) is 10.9 Å². The van der Waals surface area contributed by atoms with Crippen molar-refractivity contribution >= 4 is 22.4 Å². The topological polar surface area (TPSA) is 89.7 Å². The first kappa shape index (κ1) is 21.3. The van der Waals surface area contributed by atoms with Crippen LogP contribution in [0.3, 0.4) is 0 Å². The second-order valence-electron chi connectivity index (χ2n) is 8.67. The maximum atomic E-state index is 14.5. The number of halogens is 1. The maximum absolute atomic E-state index is 14.5. The zero-order valence-electron chi connectivity index (χ0n) is 18.9. The van der Waals surface area contributed by atoms with Crippen LogP contribution in [-0.2, 0) is 25.2 Å². The van der Waals surface area contributed by atoms with Gasteiger partial charge in [-0.1, -0.05) is 6.07 Å². The summed E-state index contributed by atoms with van der Waals surface area (Å²) in [6, 6.07) is 9.79. The Balaban J connectivity index is 1.60. The van der Waals surface area contributed by atoms with Gasteiger partial charge in [0.2, 0.25) is 0 Å². The van der Waals surface area contributed by atoms with Gasteiger partial charge < -0.3 is 10.6 Å². The van der Waals surface area contributed by atoms with E-state index in [0.717, 1.165) is 25.2 Å². The third-order valence-corrected chi connectivity index (χ3v) is 5.87. The van der Waals surface area contributed by atoms with Crippen molar-refractivity contribution in [3.05, 3.63) is 70.0 Å². The molecule has 1 aliphatic heterocycles. The summed E-state index contributed by atoms with van der Waals surface area (Å²) < 4.78 is 17.8. The Bertz CT molecular complexity index is 1400. The molecule has 0 radical (unpaired) electrons. The number of pyridine rings is 1. The van der Waals surface area contributed by atoms with Crippen molar-refractivity contribution in [3.8, 4) is 5.82 Å². The molecule has 0 atom stereocenters. The number of alkyl halides is 1. The van der Waals surface area contributed by atoms with Gasteiger partial charge in [-0.15, -0.1) is 0 Å². The molecule has 170 valence electrons. The van der Waals surface area contributed by atoms with Gasteiger partial charge in [0.1, 0.15) is 5.82 Å². The summed E-state index contributed by atoms with van der Waals surface area (Å²) in [5.74, 6) is 1.10. The van der Waals surface area contributed by atoms with Crippen LogP contribution in [0.2, 0.25) is 0 Å². The van der Waals surface area contributed by atoms with Crippen LogP contribution in [0, 0.1) is 0 Å². The molecule has 0 amide bonds. The normalized spacial score (nSPS) is 13.8. The number of nitrogens with one attached hydrogen (secondary N) is 2. The molecule has 1 aliphatic rings. The number of fused-ring (bicyclic) bond motifs is 2. The number of aromatic nitrogens is 5. The van der Waals surface area contributed by atoms with Crippen LogP contribution in [0.15, 0.2) is 47.5 Å². The van der Waals surface area contributed by atoms with E-state index in [4.69, 9.17) is 0 Å². The fraction of sp³-hybridized carbons (Fsp3) is 0.333. The van der Waals surface area contributed by atoms with Gasteiger partial charge >= 0.3 is 0 Å². The van der Waals surface area contributed by atoms with Crippen molar-refractivity contribution in [1.29, 1.82) is 0 Å². The molecule has 0 saturated carbocycles. The molecule has 2 N–H and O–H groups in total. The van der Waals surface area contributed by atoms with E-state index in [1.165, 1.54) is 31.2 Å². The molecule has 3 aromatic heterocycles. The largest absolute Gasteiger partial charge is 0.340 e. The minimum Gasteiger partial charge on any atom is -0.340 e. The third kappa shape index (κ3) is 3.89. The predicted octanol–water partition coefficient (Wildman–Crippen LogP) is 3.59. The predicted molar refractivity (Wildman–Crippen MR) is 126 cm³/mol. The average Bonchev–Trinajstić information content (AvgIpc) is 3.09. The summed E-state index contributed by atoms with van der Waals surface area (Å²) in [7, 11) is 0. The van der Waals surface area contributed by atoms with Gasteiger partial charge in [-0.2, -0.15) is 0 Å². The van der Waals surface area contributed by atoms with Crippen molar-refractivity contribution in [1.82, 2.24) is 29.6 Å². The highest BCUT2D eigenvalue weighted by atomic mass is 19.1. The van der Waals surface area contributed by atoms with Crippen LogP contribution in [0.4, 0.5) is 15.9 Å². The van der Waals surface area contributed by atoms with E-state index < -0.39 is 5.67 Å². The van der Waals surface area contributed by atoms with Gasteiger partial charge in [0.25, 0.3) is 5.56 Å². The number of hydrogen-bond donors (Lipinski definition) is 2. The molecule has 1 aromatic carbocycles. The second kappa shape index (κ2) is 8.08. The molecule has 4 aromatic rings. The monoisotopic (exact) mass is 447 g/mol. The molecule has 0 spiro atoms. The van der Waals surface area contributed by atoms with Crippen molar-refractivity contribution in [2.45, 2.75) is 46.0 Å². The quantitative estimate of drug-likeness (QED) is 0.486. The smallest absolute Gasteiger partial charge is 0.276 e. The standard InChI is InChI=1S/C24H26FN7O/c1-4-31-22(33)18-14-28-20(29-17-6-5-16-13-26-9-7-15(16)11-17)12-19(18)32(31)21-8-10-27-23(30-21)24(2,3)25/h5-6,8,10-12,14,26H,4,7,9,13H2,1-3H3,(H,28,29). The van der Waals surface area contributed by atoms with Crippen molar-refractivity contribution < 1.29 is 4.39 Å². The molecule has 0 saturated heterocycles. The zero-order chi connectivity index (χ0) is 23.2. The number of anilines is 2. The highest BCUT2D eigenvalue weighted by Gasteiger charge is 2.24. The van der Waals surface area contributed by atoms with E-state index in [0.29, 0.717) is 29.1 Å². The lowest BCUT2D eigenvalue weighted by Gasteiger charge is -2.18. The minimum absolute atomic E-state index is 0.0629. The fourth-order valence-corrected chi connectivity index (χ4v) is 4.20. The number of rotatable bonds is 5. The maximum Gasteiger partial charge on any atom is 0.276 e. The van der Waals surface area contributed by atoms with Crippen LogP contribution in [0.5, 0.6) is 0 Å². The van der Waals surface area contributed by atoms with Crippen molar-refractivity contribution in [3.63, 3.8) is 0 Å². The van der Waals surface area contributed by atoms with Crippen LogP contribution in [0.1, 0.15) is 37.7 Å². The minimum atomic E-state index is -1.70. The van der Waals surface area contributed by atoms with Crippen molar-refractivity contribution in [2.75, 3.05) is 11.9 Å². The molecule has 33 heavy (non-hydrogen) atoms. The Labute approximate surface area is 190 Å². The molecule has 9 heteroatoms. The van der Waals surface area contributed by atoms with Gasteiger partial charge in [-0.25, -0.2) is 28.7 Å². The first-order chi connectivity index (χ1) is 15.8. The highest BCUT2D eigenvalue weighted by Crippen LogP contribution is 2.25. The Morgan fingerprint density at radius 1 is 1.18 bits per heavy atom. The molecule has 5 rings (SSSR count). The van der Waals surface area contributed by atoms with E-state index >= 15 is 0 Å². The number of nitrogens with zero attached hydrogens (tertiary/aromatic N) is 5. The summed E-state index contributed by atoms with van der Waals surface area (Å²) in [6.07, 6.45) is 4.07. The summed E-state index contributed by atoms with van der Waals surface area (Å²) in [5, 5.41) is 7.21. The number of benzene rings is 1. The van der Waals surface area contributed by atoms with Gasteiger partial charge in [0, 0.05) is 43.3 Å². The van der Waals surface area contributed by atoms with E-state index in [1.54, 1.807) is 21.6 Å².